The summed E-state index contributed by atoms with van der Waals surface area (Å²) in [6, 6.07) is 0. The van der Waals surface area contributed by atoms with Gasteiger partial charge in [0.25, 0.3) is 0 Å². The molecule has 1 unspecified atom stereocenters. The molecule has 0 aromatic heterocycles. The van der Waals surface area contributed by atoms with Crippen molar-refractivity contribution in [3.63, 3.8) is 0 Å². The van der Waals surface area contributed by atoms with Gasteiger partial charge in [0, 0.05) is 0 Å². The van der Waals surface area contributed by atoms with E-state index < -0.39 is 165 Å². The van der Waals surface area contributed by atoms with Crippen molar-refractivity contribution in [3.8, 4) is 0 Å². The van der Waals surface area contributed by atoms with E-state index in [1.54, 1.807) is 0 Å². The first kappa shape index (κ1) is 60.0. The Kier molecular flexibility index (Phi) is 18.1. The van der Waals surface area contributed by atoms with Gasteiger partial charge in [-0.1, -0.05) is 46.3 Å². The van der Waals surface area contributed by atoms with Crippen LogP contribution in [-0.4, -0.2) is 232 Å². The fourth-order valence-electron chi connectivity index (χ4n) is 16.0. The van der Waals surface area contributed by atoms with Crippen molar-refractivity contribution in [1.29, 1.82) is 0 Å². The Bertz CT molecular complexity index is 1940. The van der Waals surface area contributed by atoms with Crippen LogP contribution in [0.1, 0.15) is 113 Å². The number of aliphatic hydroxyl groups excluding tert-OH is 14. The lowest BCUT2D eigenvalue weighted by atomic mass is 9.35. The molecular weight excluding hydrogens is 989 g/mol. The molecule has 75 heavy (non-hydrogen) atoms. The van der Waals surface area contributed by atoms with Gasteiger partial charge >= 0.3 is 0 Å². The number of allylic oxidation sites excluding steroid dienone is 2. The summed E-state index contributed by atoms with van der Waals surface area (Å²) in [5.41, 5.74) is -1.48. The second-order valence-corrected chi connectivity index (χ2v) is 25.3. The summed E-state index contributed by atoms with van der Waals surface area (Å²) >= 11 is 0. The minimum atomic E-state index is -1.81. The van der Waals surface area contributed by atoms with E-state index in [1.165, 1.54) is 0 Å². The summed E-state index contributed by atoms with van der Waals surface area (Å²) in [6.07, 6.45) is -22.6. The van der Waals surface area contributed by atoms with E-state index in [9.17, 15) is 71.5 Å². The zero-order valence-electron chi connectivity index (χ0n) is 44.7. The molecule has 0 bridgehead atoms. The maximum atomic E-state index is 12.8. The lowest BCUT2D eigenvalue weighted by Crippen LogP contribution is -2.68. The van der Waals surface area contributed by atoms with E-state index in [0.717, 1.165) is 24.8 Å². The lowest BCUT2D eigenvalue weighted by Gasteiger charge is -2.71. The van der Waals surface area contributed by atoms with Gasteiger partial charge in [0.15, 0.2) is 25.2 Å². The molecule has 4 heterocycles. The quantitative estimate of drug-likeness (QED) is 0.0651. The topological polar surface area (TPSA) is 357 Å². The zero-order valence-corrected chi connectivity index (χ0v) is 44.7. The monoisotopic (exact) mass is 1080 g/mol. The average Bonchev–Trinajstić information content (AvgIpc) is 3.75. The third-order valence-corrected chi connectivity index (χ3v) is 20.5. The van der Waals surface area contributed by atoms with E-state index in [2.05, 4.69) is 40.7 Å². The fraction of sp³-hybridized carbons (Fsp3) is 0.962. The second kappa shape index (κ2) is 22.7. The molecule has 4 aliphatic heterocycles. The molecule has 22 nitrogen and oxygen atoms in total. The van der Waals surface area contributed by atoms with Crippen LogP contribution in [0.3, 0.4) is 0 Å². The molecule has 14 N–H and O–H groups in total. The first-order valence-corrected chi connectivity index (χ1v) is 27.3. The molecular formula is C53H90O22. The van der Waals surface area contributed by atoms with Gasteiger partial charge in [0.05, 0.1) is 44.2 Å². The minimum Gasteiger partial charge on any atom is -0.394 e. The highest BCUT2D eigenvalue weighted by Gasteiger charge is 2.72. The average molecular weight is 1080 g/mol. The van der Waals surface area contributed by atoms with Crippen LogP contribution in [0.4, 0.5) is 0 Å². The van der Waals surface area contributed by atoms with E-state index in [1.807, 2.05) is 20.8 Å². The normalized spacial score (nSPS) is 52.7. The van der Waals surface area contributed by atoms with Crippen molar-refractivity contribution in [3.05, 3.63) is 11.6 Å². The van der Waals surface area contributed by atoms with E-state index in [-0.39, 0.29) is 41.1 Å². The minimum absolute atomic E-state index is 0.0508. The summed E-state index contributed by atoms with van der Waals surface area (Å²) in [5.74, 6) is -0.395. The molecule has 8 fully saturated rings. The largest absolute Gasteiger partial charge is 0.394 e. The maximum absolute atomic E-state index is 12.8. The van der Waals surface area contributed by atoms with Crippen LogP contribution in [0, 0.1) is 45.3 Å². The Morgan fingerprint density at radius 1 is 0.587 bits per heavy atom. The van der Waals surface area contributed by atoms with Gasteiger partial charge in [-0.05, 0) is 124 Å². The van der Waals surface area contributed by atoms with Crippen LogP contribution in [0.25, 0.3) is 0 Å². The van der Waals surface area contributed by atoms with Gasteiger partial charge in [-0.2, -0.15) is 0 Å². The zero-order chi connectivity index (χ0) is 55.1. The van der Waals surface area contributed by atoms with Crippen molar-refractivity contribution in [2.75, 3.05) is 26.4 Å². The van der Waals surface area contributed by atoms with Gasteiger partial charge < -0.3 is 109 Å². The Labute approximate surface area is 439 Å². The van der Waals surface area contributed by atoms with Gasteiger partial charge in [0.1, 0.15) is 91.6 Å². The molecule has 4 saturated heterocycles. The standard InChI is InChI=1S/C53H90O22/c1-23(2)10-9-14-53(8,75-47-43(67)39(63)37(61)29(72-47)22-69-45-41(65)34(58)26(57)21-68-45)24-11-16-52(7)33(24)25(56)18-31-50(5)15-13-32(49(3,4)30(50)12-17-51(31,52)6)73-48-44(40(64)36(60)28(20-55)71-48)74-46-42(66)38(62)35(59)27(19-54)70-46/h10,24-48,54-67H,9,11-22H2,1-8H3/t24-,25+,26-,27+,28+,29+,30?,31+,32-,33-,34-,35+,36+,37+,38-,39-,40-,41+,42+,43+,44+,45-,46-,47-,48-,50-,51+,52+,53-/m0/s1. The third-order valence-electron chi connectivity index (χ3n) is 20.5. The Balaban J connectivity index is 1.01. The predicted octanol–water partition coefficient (Wildman–Crippen LogP) is -1.56. The summed E-state index contributed by atoms with van der Waals surface area (Å²) in [6.45, 7) is 15.1. The highest BCUT2D eigenvalue weighted by atomic mass is 16.8. The summed E-state index contributed by atoms with van der Waals surface area (Å²) < 4.78 is 48.8. The van der Waals surface area contributed by atoms with Crippen LogP contribution < -0.4 is 0 Å². The fourth-order valence-corrected chi connectivity index (χ4v) is 16.0. The van der Waals surface area contributed by atoms with Crippen LogP contribution in [0.15, 0.2) is 11.6 Å². The van der Waals surface area contributed by atoms with Gasteiger partial charge in [-0.3, -0.25) is 0 Å². The molecule has 4 aliphatic carbocycles. The molecule has 8 aliphatic rings. The van der Waals surface area contributed by atoms with Crippen LogP contribution >= 0.6 is 0 Å². The van der Waals surface area contributed by atoms with Crippen molar-refractivity contribution >= 4 is 0 Å². The number of aliphatic hydroxyl groups is 14. The molecule has 8 rings (SSSR count). The number of hydrogen-bond acceptors (Lipinski definition) is 22. The van der Waals surface area contributed by atoms with Gasteiger partial charge in [-0.25, -0.2) is 0 Å². The Morgan fingerprint density at radius 3 is 1.80 bits per heavy atom. The number of rotatable bonds is 15. The second-order valence-electron chi connectivity index (χ2n) is 25.3. The third kappa shape index (κ3) is 10.6. The summed E-state index contributed by atoms with van der Waals surface area (Å²) in [5, 5.41) is 151. The first-order chi connectivity index (χ1) is 35.1. The Hall–Kier alpha value is -1.14. The molecule has 22 heteroatoms. The smallest absolute Gasteiger partial charge is 0.187 e. The van der Waals surface area contributed by atoms with Crippen molar-refractivity contribution < 1.29 is 109 Å². The SMILES string of the molecule is CC(C)=CCC[C@](C)(O[C@@H]1O[C@H](CO[C@@H]2OC[C@H](O)[C@H](O)[C@H]2O)[C@@H](O)[C@H](O)[C@H]1O)[C@H]1CC[C@]2(C)[C@@H]1[C@H](O)C[C@@H]1[C@@]3(C)CC[C@H](O[C@@H]4O[C@H](CO)[C@@H](O)[C@H](O)[C@H]4O[C@@H]4O[C@H](CO)[C@@H](O)[C@H](O)[C@H]4O)C(C)(C)C3CC[C@]12C. The molecule has 29 atom stereocenters. The van der Waals surface area contributed by atoms with Crippen molar-refractivity contribution in [2.45, 2.75) is 248 Å². The van der Waals surface area contributed by atoms with E-state index >= 15 is 0 Å². The molecule has 0 radical (unpaired) electrons. The molecule has 0 aromatic carbocycles. The van der Waals surface area contributed by atoms with Gasteiger partial charge in [0.2, 0.25) is 0 Å². The maximum Gasteiger partial charge on any atom is 0.187 e. The highest BCUT2D eigenvalue weighted by molar-refractivity contribution is 5.20. The Morgan fingerprint density at radius 2 is 1.16 bits per heavy atom. The predicted molar refractivity (Wildman–Crippen MR) is 260 cm³/mol. The molecule has 0 aromatic rings. The summed E-state index contributed by atoms with van der Waals surface area (Å²) in [4.78, 5) is 0. The number of fused-ring (bicyclic) bond motifs is 5. The molecule has 0 spiro atoms. The van der Waals surface area contributed by atoms with Crippen LogP contribution in [-0.2, 0) is 37.9 Å². The van der Waals surface area contributed by atoms with Crippen molar-refractivity contribution in [1.82, 2.24) is 0 Å². The number of ether oxygens (including phenoxy) is 8. The van der Waals surface area contributed by atoms with E-state index in [4.69, 9.17) is 37.9 Å². The molecule has 4 saturated carbocycles. The number of hydrogen-bond donors (Lipinski definition) is 14. The van der Waals surface area contributed by atoms with E-state index in [0.29, 0.717) is 38.5 Å². The molecule has 434 valence electrons. The molecule has 0 amide bonds. The first-order valence-electron chi connectivity index (χ1n) is 27.3. The van der Waals surface area contributed by atoms with Crippen LogP contribution in [0.2, 0.25) is 0 Å². The van der Waals surface area contributed by atoms with Gasteiger partial charge in [-0.15, -0.1) is 0 Å². The highest BCUT2D eigenvalue weighted by Crippen LogP contribution is 2.76. The summed E-state index contributed by atoms with van der Waals surface area (Å²) in [7, 11) is 0. The van der Waals surface area contributed by atoms with Crippen molar-refractivity contribution in [2.24, 2.45) is 45.3 Å². The lowest BCUT2D eigenvalue weighted by molar-refractivity contribution is -0.378. The van der Waals surface area contributed by atoms with Crippen LogP contribution in [0.5, 0.6) is 0 Å².